The summed E-state index contributed by atoms with van der Waals surface area (Å²) in [6.07, 6.45) is 3.02. The van der Waals surface area contributed by atoms with Gasteiger partial charge in [-0.25, -0.2) is 14.8 Å². The Balaban J connectivity index is 2.27. The van der Waals surface area contributed by atoms with E-state index in [0.717, 1.165) is 5.69 Å². The van der Waals surface area contributed by atoms with Crippen LogP contribution in [-0.4, -0.2) is 21.0 Å². The second-order valence-electron chi connectivity index (χ2n) is 3.78. The SMILES string of the molecule is Nc1cc(Cl)c(NCc2ccncn2)c(C(=O)O)c1. The number of nitrogens with one attached hydrogen (secondary N) is 1. The van der Waals surface area contributed by atoms with Crippen molar-refractivity contribution in [3.05, 3.63) is 47.0 Å². The van der Waals surface area contributed by atoms with Crippen LogP contribution < -0.4 is 11.1 Å². The quantitative estimate of drug-likeness (QED) is 0.740. The first-order valence-electron chi connectivity index (χ1n) is 5.39. The molecule has 0 spiro atoms. The standard InChI is InChI=1S/C12H11ClN4O2/c13-10-4-7(14)3-9(12(18)19)11(10)16-5-8-1-2-15-6-17-8/h1-4,6,16H,5,14H2,(H,18,19). The fraction of sp³-hybridized carbons (Fsp3) is 0.0833. The molecule has 0 aliphatic carbocycles. The van der Waals surface area contributed by atoms with Crippen molar-refractivity contribution in [1.82, 2.24) is 9.97 Å². The van der Waals surface area contributed by atoms with Gasteiger partial charge in [-0.1, -0.05) is 11.6 Å². The number of carboxylic acid groups (broad SMARTS) is 1. The van der Waals surface area contributed by atoms with Crippen molar-refractivity contribution >= 4 is 28.9 Å². The Morgan fingerprint density at radius 2 is 2.26 bits per heavy atom. The molecule has 0 bridgehead atoms. The highest BCUT2D eigenvalue weighted by molar-refractivity contribution is 6.34. The van der Waals surface area contributed by atoms with Crippen molar-refractivity contribution in [3.63, 3.8) is 0 Å². The zero-order valence-electron chi connectivity index (χ0n) is 9.80. The lowest BCUT2D eigenvalue weighted by Gasteiger charge is -2.12. The van der Waals surface area contributed by atoms with E-state index in [1.807, 2.05) is 0 Å². The predicted octanol–water partition coefficient (Wildman–Crippen LogP) is 2.02. The first kappa shape index (κ1) is 13.1. The molecule has 1 aromatic carbocycles. The molecule has 2 rings (SSSR count). The molecule has 1 aromatic heterocycles. The molecule has 0 aliphatic rings. The first-order chi connectivity index (χ1) is 9.08. The highest BCUT2D eigenvalue weighted by Gasteiger charge is 2.14. The van der Waals surface area contributed by atoms with E-state index in [-0.39, 0.29) is 10.6 Å². The van der Waals surface area contributed by atoms with Gasteiger partial charge in [0.05, 0.1) is 28.5 Å². The summed E-state index contributed by atoms with van der Waals surface area (Å²) in [4.78, 5) is 19.0. The fourth-order valence-electron chi connectivity index (χ4n) is 1.58. The first-order valence-corrected chi connectivity index (χ1v) is 5.77. The van der Waals surface area contributed by atoms with Crippen LogP contribution in [0.4, 0.5) is 11.4 Å². The summed E-state index contributed by atoms with van der Waals surface area (Å²) < 4.78 is 0. The van der Waals surface area contributed by atoms with Crippen molar-refractivity contribution in [3.8, 4) is 0 Å². The lowest BCUT2D eigenvalue weighted by atomic mass is 10.1. The number of carbonyl (C=O) groups is 1. The molecule has 1 heterocycles. The van der Waals surface area contributed by atoms with Crippen LogP contribution in [0, 0.1) is 0 Å². The number of hydrogen-bond acceptors (Lipinski definition) is 5. The van der Waals surface area contributed by atoms with Gasteiger partial charge in [0.1, 0.15) is 6.33 Å². The molecular formula is C12H11ClN4O2. The summed E-state index contributed by atoms with van der Waals surface area (Å²) >= 11 is 6.01. The van der Waals surface area contributed by atoms with Crippen molar-refractivity contribution in [2.75, 3.05) is 11.1 Å². The summed E-state index contributed by atoms with van der Waals surface area (Å²) in [6.45, 7) is 0.340. The smallest absolute Gasteiger partial charge is 0.337 e. The average Bonchev–Trinajstić information content (AvgIpc) is 2.38. The van der Waals surface area contributed by atoms with Gasteiger partial charge in [-0.3, -0.25) is 0 Å². The molecular weight excluding hydrogens is 268 g/mol. The molecule has 0 aliphatic heterocycles. The van der Waals surface area contributed by atoms with E-state index >= 15 is 0 Å². The molecule has 19 heavy (non-hydrogen) atoms. The Hall–Kier alpha value is -2.34. The maximum atomic E-state index is 11.2. The average molecular weight is 279 g/mol. The van der Waals surface area contributed by atoms with Crippen LogP contribution in [0.5, 0.6) is 0 Å². The van der Waals surface area contributed by atoms with E-state index in [1.165, 1.54) is 18.5 Å². The second-order valence-corrected chi connectivity index (χ2v) is 4.19. The summed E-state index contributed by atoms with van der Waals surface area (Å²) in [5.41, 5.74) is 6.95. The van der Waals surface area contributed by atoms with Gasteiger partial charge in [-0.15, -0.1) is 0 Å². The third-order valence-electron chi connectivity index (χ3n) is 2.43. The van der Waals surface area contributed by atoms with Gasteiger partial charge < -0.3 is 16.2 Å². The minimum Gasteiger partial charge on any atom is -0.478 e. The van der Waals surface area contributed by atoms with E-state index in [0.29, 0.717) is 17.9 Å². The molecule has 0 atom stereocenters. The molecule has 0 fully saturated rings. The van der Waals surface area contributed by atoms with Gasteiger partial charge in [0, 0.05) is 11.9 Å². The number of aromatic carboxylic acids is 1. The Labute approximate surface area is 114 Å². The van der Waals surface area contributed by atoms with E-state index in [4.69, 9.17) is 22.4 Å². The maximum absolute atomic E-state index is 11.2. The number of aromatic nitrogens is 2. The van der Waals surface area contributed by atoms with Crippen LogP contribution in [0.1, 0.15) is 16.1 Å². The monoisotopic (exact) mass is 278 g/mol. The fourth-order valence-corrected chi connectivity index (χ4v) is 1.87. The van der Waals surface area contributed by atoms with Crippen molar-refractivity contribution < 1.29 is 9.90 Å². The molecule has 2 aromatic rings. The minimum absolute atomic E-state index is 0.0269. The highest BCUT2D eigenvalue weighted by atomic mass is 35.5. The van der Waals surface area contributed by atoms with Crippen LogP contribution in [0.3, 0.4) is 0 Å². The molecule has 0 saturated heterocycles. The summed E-state index contributed by atoms with van der Waals surface area (Å²) in [5, 5.41) is 12.3. The third-order valence-corrected chi connectivity index (χ3v) is 2.73. The molecule has 7 heteroatoms. The van der Waals surface area contributed by atoms with Crippen molar-refractivity contribution in [1.29, 1.82) is 0 Å². The van der Waals surface area contributed by atoms with Gasteiger partial charge >= 0.3 is 5.97 Å². The number of carboxylic acids is 1. The van der Waals surface area contributed by atoms with Crippen LogP contribution in [0.25, 0.3) is 0 Å². The Bertz CT molecular complexity index is 604. The van der Waals surface area contributed by atoms with Crippen LogP contribution >= 0.6 is 11.6 Å². The molecule has 0 saturated carbocycles. The van der Waals surface area contributed by atoms with Crippen molar-refractivity contribution in [2.45, 2.75) is 6.54 Å². The lowest BCUT2D eigenvalue weighted by molar-refractivity contribution is 0.0698. The number of nitrogen functional groups attached to an aromatic ring is 1. The second kappa shape index (κ2) is 5.53. The summed E-state index contributed by atoms with van der Waals surface area (Å²) in [5.74, 6) is -1.10. The van der Waals surface area contributed by atoms with Gasteiger partial charge in [0.2, 0.25) is 0 Å². The number of anilines is 2. The minimum atomic E-state index is -1.10. The van der Waals surface area contributed by atoms with Gasteiger partial charge in [-0.05, 0) is 18.2 Å². The number of nitrogens with zero attached hydrogens (tertiary/aromatic N) is 2. The largest absolute Gasteiger partial charge is 0.478 e. The highest BCUT2D eigenvalue weighted by Crippen LogP contribution is 2.29. The molecule has 4 N–H and O–H groups in total. The zero-order valence-corrected chi connectivity index (χ0v) is 10.6. The van der Waals surface area contributed by atoms with Gasteiger partial charge in [-0.2, -0.15) is 0 Å². The third kappa shape index (κ3) is 3.11. The van der Waals surface area contributed by atoms with E-state index in [9.17, 15) is 4.79 Å². The van der Waals surface area contributed by atoms with E-state index in [1.54, 1.807) is 12.3 Å². The van der Waals surface area contributed by atoms with E-state index < -0.39 is 5.97 Å². The normalized spacial score (nSPS) is 10.2. The Kier molecular flexibility index (Phi) is 3.82. The molecule has 0 radical (unpaired) electrons. The number of hydrogen-bond donors (Lipinski definition) is 3. The van der Waals surface area contributed by atoms with Crippen molar-refractivity contribution in [2.24, 2.45) is 0 Å². The van der Waals surface area contributed by atoms with Crippen LogP contribution in [-0.2, 0) is 6.54 Å². The lowest BCUT2D eigenvalue weighted by Crippen LogP contribution is -2.08. The van der Waals surface area contributed by atoms with Gasteiger partial charge in [0.25, 0.3) is 0 Å². The van der Waals surface area contributed by atoms with Crippen LogP contribution in [0.2, 0.25) is 5.02 Å². The Morgan fingerprint density at radius 1 is 1.47 bits per heavy atom. The molecule has 98 valence electrons. The zero-order chi connectivity index (χ0) is 13.8. The number of benzene rings is 1. The summed E-state index contributed by atoms with van der Waals surface area (Å²) in [6, 6.07) is 4.57. The maximum Gasteiger partial charge on any atom is 0.337 e. The molecule has 0 unspecified atom stereocenters. The Morgan fingerprint density at radius 3 is 2.89 bits per heavy atom. The number of nitrogens with two attached hydrogens (primary N) is 1. The number of halogens is 1. The van der Waals surface area contributed by atoms with Gasteiger partial charge in [0.15, 0.2) is 0 Å². The summed E-state index contributed by atoms with van der Waals surface area (Å²) in [7, 11) is 0. The molecule has 0 amide bonds. The molecule has 6 nitrogen and oxygen atoms in total. The topological polar surface area (TPSA) is 101 Å². The van der Waals surface area contributed by atoms with Crippen LogP contribution in [0.15, 0.2) is 30.7 Å². The number of rotatable bonds is 4. The van der Waals surface area contributed by atoms with E-state index in [2.05, 4.69) is 15.3 Å². The predicted molar refractivity (Wildman–Crippen MR) is 72.2 cm³/mol.